The highest BCUT2D eigenvalue weighted by molar-refractivity contribution is 5.81. The Labute approximate surface area is 221 Å². The van der Waals surface area contributed by atoms with Gasteiger partial charge in [-0.2, -0.15) is 10.2 Å². The molecule has 0 N–H and O–H groups in total. The number of hydrogen-bond acceptors (Lipinski definition) is 2. The van der Waals surface area contributed by atoms with Gasteiger partial charge < -0.3 is 0 Å². The van der Waals surface area contributed by atoms with Crippen LogP contribution in [0, 0.1) is 0 Å². The Balaban J connectivity index is 1.66. The van der Waals surface area contributed by atoms with E-state index < -0.39 is 0 Å². The molecular weight excluding hydrogens is 440 g/mol. The van der Waals surface area contributed by atoms with Crippen molar-refractivity contribution in [3.05, 3.63) is 60.2 Å². The van der Waals surface area contributed by atoms with Gasteiger partial charge in [-0.15, -0.1) is 0 Å². The molecule has 36 heavy (non-hydrogen) atoms. The molecule has 198 valence electrons. The first-order chi connectivity index (χ1) is 17.8. The van der Waals surface area contributed by atoms with E-state index in [9.17, 15) is 0 Å². The summed E-state index contributed by atoms with van der Waals surface area (Å²) in [5.41, 5.74) is 2.18. The second-order valence-electron chi connectivity index (χ2n) is 10.2. The zero-order valence-electron chi connectivity index (χ0n) is 23.3. The van der Waals surface area contributed by atoms with Crippen molar-refractivity contribution in [1.82, 2.24) is 0 Å². The zero-order chi connectivity index (χ0) is 25.5. The van der Waals surface area contributed by atoms with Crippen molar-refractivity contribution in [2.75, 3.05) is 0 Å². The highest BCUT2D eigenvalue weighted by Gasteiger charge is 2.03. The maximum atomic E-state index is 4.29. The van der Waals surface area contributed by atoms with Crippen LogP contribution in [-0.2, 0) is 13.1 Å². The number of aromatic nitrogens is 2. The Kier molecular flexibility index (Phi) is 17.3. The molecule has 0 aliphatic carbocycles. The summed E-state index contributed by atoms with van der Waals surface area (Å²) in [5, 5.41) is 8.58. The average molecular weight is 493 g/mol. The van der Waals surface area contributed by atoms with Crippen molar-refractivity contribution in [3.63, 3.8) is 0 Å². The third-order valence-electron chi connectivity index (χ3n) is 6.78. The van der Waals surface area contributed by atoms with E-state index in [1.165, 1.54) is 103 Å². The maximum Gasteiger partial charge on any atom is 0.177 e. The highest BCUT2D eigenvalue weighted by Crippen LogP contribution is 2.09. The Morgan fingerprint density at radius 1 is 0.528 bits per heavy atom. The van der Waals surface area contributed by atoms with Crippen molar-refractivity contribution >= 4 is 12.4 Å². The van der Waals surface area contributed by atoms with E-state index in [2.05, 4.69) is 82.2 Å². The van der Waals surface area contributed by atoms with Crippen LogP contribution in [0.5, 0.6) is 0 Å². The second-order valence-corrected chi connectivity index (χ2v) is 10.2. The van der Waals surface area contributed by atoms with Crippen LogP contribution in [0.25, 0.3) is 0 Å². The van der Waals surface area contributed by atoms with Crippen molar-refractivity contribution in [2.45, 2.75) is 130 Å². The van der Waals surface area contributed by atoms with Gasteiger partial charge in [-0.25, -0.2) is 9.13 Å². The predicted molar refractivity (Wildman–Crippen MR) is 154 cm³/mol. The summed E-state index contributed by atoms with van der Waals surface area (Å²) in [6.07, 6.45) is 34.0. The van der Waals surface area contributed by atoms with Crippen molar-refractivity contribution in [2.24, 2.45) is 10.2 Å². The second kappa shape index (κ2) is 20.8. The Morgan fingerprint density at radius 2 is 0.889 bits per heavy atom. The molecule has 4 heteroatoms. The standard InChI is InChI=1S/C32H52N4/c1-3-5-7-9-11-13-15-17-23-35-25-19-21-31(29-35)27-33-34-28-32-22-20-26-36(30-32)24-18-16-14-12-10-8-6-4-2/h19-22,25-30H,3-18,23-24H2,1-2H3/q+2/b33-27+,34-28+. The number of rotatable bonds is 21. The maximum absolute atomic E-state index is 4.29. The van der Waals surface area contributed by atoms with E-state index in [-0.39, 0.29) is 0 Å². The minimum Gasteiger partial charge on any atom is -0.204 e. The van der Waals surface area contributed by atoms with Gasteiger partial charge >= 0.3 is 0 Å². The highest BCUT2D eigenvalue weighted by atomic mass is 15.2. The van der Waals surface area contributed by atoms with Crippen LogP contribution in [0.15, 0.2) is 59.3 Å². The SMILES string of the molecule is CCCCCCCCCC[n+]1cccc(/C=N/N=C/c2ccc[n+](CCCCCCCCCC)c2)c1. The van der Waals surface area contributed by atoms with E-state index in [1.54, 1.807) is 0 Å². The normalized spacial score (nSPS) is 11.7. The largest absolute Gasteiger partial charge is 0.204 e. The molecule has 0 aliphatic rings. The molecule has 2 aromatic rings. The fourth-order valence-electron chi connectivity index (χ4n) is 4.57. The van der Waals surface area contributed by atoms with Crippen LogP contribution >= 0.6 is 0 Å². The number of pyridine rings is 2. The lowest BCUT2D eigenvalue weighted by molar-refractivity contribution is -0.697. The van der Waals surface area contributed by atoms with Crippen LogP contribution in [0.3, 0.4) is 0 Å². The van der Waals surface area contributed by atoms with Gasteiger partial charge in [-0.1, -0.05) is 90.9 Å². The molecule has 2 rings (SSSR count). The first-order valence-electron chi connectivity index (χ1n) is 14.9. The topological polar surface area (TPSA) is 32.5 Å². The van der Waals surface area contributed by atoms with Gasteiger partial charge in [0, 0.05) is 25.0 Å². The molecule has 0 atom stereocenters. The molecule has 0 radical (unpaired) electrons. The van der Waals surface area contributed by atoms with Gasteiger partial charge in [-0.3, -0.25) is 0 Å². The molecule has 0 saturated heterocycles. The molecule has 0 bridgehead atoms. The average Bonchev–Trinajstić information content (AvgIpc) is 2.90. The summed E-state index contributed by atoms with van der Waals surface area (Å²) in [6.45, 7) is 6.70. The van der Waals surface area contributed by atoms with Crippen LogP contribution in [0.2, 0.25) is 0 Å². The van der Waals surface area contributed by atoms with Crippen molar-refractivity contribution < 1.29 is 9.13 Å². The first-order valence-corrected chi connectivity index (χ1v) is 14.9. The van der Waals surface area contributed by atoms with E-state index in [1.807, 2.05) is 12.4 Å². The summed E-state index contributed by atoms with van der Waals surface area (Å²) in [6, 6.07) is 8.37. The number of hydrogen-bond donors (Lipinski definition) is 0. The minimum atomic E-state index is 1.07. The molecule has 0 aromatic carbocycles. The summed E-state index contributed by atoms with van der Waals surface area (Å²) >= 11 is 0. The number of unbranched alkanes of at least 4 members (excludes halogenated alkanes) is 14. The van der Waals surface area contributed by atoms with Gasteiger partial charge in [0.1, 0.15) is 13.1 Å². The molecule has 2 heterocycles. The van der Waals surface area contributed by atoms with Gasteiger partial charge in [-0.05, 0) is 25.0 Å². The van der Waals surface area contributed by atoms with E-state index in [4.69, 9.17) is 0 Å². The molecule has 0 saturated carbocycles. The Bertz CT molecular complexity index is 787. The lowest BCUT2D eigenvalue weighted by atomic mass is 10.1. The van der Waals surface area contributed by atoms with E-state index in [0.29, 0.717) is 0 Å². The van der Waals surface area contributed by atoms with Gasteiger partial charge in [0.05, 0.1) is 23.6 Å². The lowest BCUT2D eigenvalue weighted by Gasteiger charge is -2.01. The molecular formula is C32H52N4+2. The predicted octanol–water partition coefficient (Wildman–Crippen LogP) is 8.00. The van der Waals surface area contributed by atoms with Crippen molar-refractivity contribution in [1.29, 1.82) is 0 Å². The third kappa shape index (κ3) is 14.9. The number of nitrogens with zero attached hydrogens (tertiary/aromatic N) is 4. The summed E-state index contributed by atoms with van der Waals surface area (Å²) in [4.78, 5) is 0. The molecule has 0 unspecified atom stereocenters. The van der Waals surface area contributed by atoms with Crippen LogP contribution < -0.4 is 9.13 Å². The molecule has 0 fully saturated rings. The summed E-state index contributed by atoms with van der Waals surface area (Å²) in [7, 11) is 0. The fourth-order valence-corrected chi connectivity index (χ4v) is 4.57. The van der Waals surface area contributed by atoms with Gasteiger partial charge in [0.15, 0.2) is 24.8 Å². The van der Waals surface area contributed by atoms with E-state index in [0.717, 1.165) is 24.2 Å². The summed E-state index contributed by atoms with van der Waals surface area (Å²) < 4.78 is 4.54. The van der Waals surface area contributed by atoms with E-state index >= 15 is 0 Å². The van der Waals surface area contributed by atoms with Crippen LogP contribution in [0.4, 0.5) is 0 Å². The van der Waals surface area contributed by atoms with Crippen molar-refractivity contribution in [3.8, 4) is 0 Å². The van der Waals surface area contributed by atoms with Gasteiger partial charge in [0.2, 0.25) is 0 Å². The molecule has 2 aromatic heterocycles. The quantitative estimate of drug-likeness (QED) is 0.0732. The first kappa shape index (κ1) is 29.9. The zero-order valence-corrected chi connectivity index (χ0v) is 23.3. The fraction of sp³-hybridized carbons (Fsp3) is 0.625. The Hall–Kier alpha value is -2.36. The third-order valence-corrected chi connectivity index (χ3v) is 6.78. The molecule has 4 nitrogen and oxygen atoms in total. The summed E-state index contributed by atoms with van der Waals surface area (Å²) in [5.74, 6) is 0. The Morgan fingerprint density at radius 3 is 1.28 bits per heavy atom. The van der Waals surface area contributed by atoms with Crippen LogP contribution in [0.1, 0.15) is 128 Å². The van der Waals surface area contributed by atoms with Gasteiger partial charge in [0.25, 0.3) is 0 Å². The lowest BCUT2D eigenvalue weighted by Crippen LogP contribution is -2.33. The smallest absolute Gasteiger partial charge is 0.177 e. The monoisotopic (exact) mass is 492 g/mol. The number of aryl methyl sites for hydroxylation is 2. The minimum absolute atomic E-state index is 1.07. The molecule has 0 amide bonds. The molecule has 0 aliphatic heterocycles. The van der Waals surface area contributed by atoms with Crippen LogP contribution in [-0.4, -0.2) is 12.4 Å². The molecule has 0 spiro atoms.